The third-order valence-electron chi connectivity index (χ3n) is 3.64. The van der Waals surface area contributed by atoms with Crippen LogP contribution in [0.4, 0.5) is 9.18 Å². The Hall–Kier alpha value is -1.67. The van der Waals surface area contributed by atoms with E-state index in [1.807, 2.05) is 0 Å². The van der Waals surface area contributed by atoms with Gasteiger partial charge in [0.25, 0.3) is 0 Å². The number of carbonyl (C=O) groups excluding carboxylic acids is 1. The van der Waals surface area contributed by atoms with Crippen LogP contribution in [0.25, 0.3) is 0 Å². The van der Waals surface area contributed by atoms with Gasteiger partial charge < -0.3 is 9.64 Å². The summed E-state index contributed by atoms with van der Waals surface area (Å²) in [4.78, 5) is 13.2. The molecule has 0 atom stereocenters. The van der Waals surface area contributed by atoms with E-state index in [1.165, 1.54) is 24.3 Å². The molecule has 1 aromatic carbocycles. The van der Waals surface area contributed by atoms with Crippen molar-refractivity contribution in [3.8, 4) is 0 Å². The van der Waals surface area contributed by atoms with Gasteiger partial charge in [0, 0.05) is 19.1 Å². The van der Waals surface area contributed by atoms with Gasteiger partial charge in [-0.2, -0.15) is 0 Å². The average molecular weight is 344 g/mol. The van der Waals surface area contributed by atoms with E-state index in [0.717, 1.165) is 0 Å². The second-order valence-electron chi connectivity index (χ2n) is 5.46. The zero-order valence-corrected chi connectivity index (χ0v) is 13.8. The Balaban J connectivity index is 1.85. The van der Waals surface area contributed by atoms with E-state index in [0.29, 0.717) is 38.1 Å². The van der Waals surface area contributed by atoms with Crippen LogP contribution >= 0.6 is 0 Å². The van der Waals surface area contributed by atoms with Gasteiger partial charge in [0.1, 0.15) is 5.82 Å². The van der Waals surface area contributed by atoms with Crippen molar-refractivity contribution in [3.63, 3.8) is 0 Å². The lowest BCUT2D eigenvalue weighted by Gasteiger charge is -2.31. The highest BCUT2D eigenvalue weighted by molar-refractivity contribution is 7.88. The molecule has 0 spiro atoms. The first-order chi connectivity index (χ1) is 10.9. The number of carbonyl (C=O) groups is 1. The van der Waals surface area contributed by atoms with Gasteiger partial charge in [-0.25, -0.2) is 22.3 Å². The van der Waals surface area contributed by atoms with Crippen LogP contribution in [-0.2, 0) is 20.5 Å². The molecule has 1 saturated heterocycles. The molecule has 1 fully saturated rings. The van der Waals surface area contributed by atoms with Crippen molar-refractivity contribution < 1.29 is 22.3 Å². The largest absolute Gasteiger partial charge is 0.450 e. The van der Waals surface area contributed by atoms with Gasteiger partial charge in [-0.1, -0.05) is 12.1 Å². The van der Waals surface area contributed by atoms with Crippen LogP contribution in [0.5, 0.6) is 0 Å². The molecular weight excluding hydrogens is 323 g/mol. The Morgan fingerprint density at radius 1 is 1.30 bits per heavy atom. The molecule has 1 aliphatic heterocycles. The summed E-state index contributed by atoms with van der Waals surface area (Å²) in [6.07, 6.45) is 0.725. The maximum Gasteiger partial charge on any atom is 0.409 e. The molecule has 6 nitrogen and oxygen atoms in total. The first-order valence-electron chi connectivity index (χ1n) is 7.56. The van der Waals surface area contributed by atoms with Crippen LogP contribution in [0.3, 0.4) is 0 Å². The number of hydrogen-bond donors (Lipinski definition) is 1. The standard InChI is InChI=1S/C15H21FN2O4S/c1-2-22-15(19)18-9-7-14(8-10-18)17-23(20,21)11-12-3-5-13(16)6-4-12/h3-6,14,17H,2,7-11H2,1H3. The second kappa shape index (κ2) is 7.74. The molecule has 1 aliphatic rings. The number of amides is 1. The summed E-state index contributed by atoms with van der Waals surface area (Å²) in [7, 11) is -3.50. The van der Waals surface area contributed by atoms with E-state index < -0.39 is 15.8 Å². The van der Waals surface area contributed by atoms with Crippen molar-refractivity contribution in [3.05, 3.63) is 35.6 Å². The average Bonchev–Trinajstić information content (AvgIpc) is 2.50. The summed E-state index contributed by atoms with van der Waals surface area (Å²) in [5.41, 5.74) is 0.530. The Morgan fingerprint density at radius 2 is 1.91 bits per heavy atom. The maximum absolute atomic E-state index is 12.8. The highest BCUT2D eigenvalue weighted by Crippen LogP contribution is 2.14. The summed E-state index contributed by atoms with van der Waals surface area (Å²) in [5.74, 6) is -0.587. The highest BCUT2D eigenvalue weighted by Gasteiger charge is 2.26. The number of halogens is 1. The Labute approximate surface area is 135 Å². The minimum atomic E-state index is -3.50. The molecule has 0 aromatic heterocycles. The minimum absolute atomic E-state index is 0.189. The number of piperidine rings is 1. The topological polar surface area (TPSA) is 75.7 Å². The van der Waals surface area contributed by atoms with E-state index in [9.17, 15) is 17.6 Å². The van der Waals surface area contributed by atoms with Crippen LogP contribution < -0.4 is 4.72 Å². The summed E-state index contributed by atoms with van der Waals surface area (Å²) in [5, 5.41) is 0. The van der Waals surface area contributed by atoms with Crippen LogP contribution in [0, 0.1) is 5.82 Å². The monoisotopic (exact) mass is 344 g/mol. The van der Waals surface area contributed by atoms with Crippen molar-refractivity contribution in [2.45, 2.75) is 31.6 Å². The lowest BCUT2D eigenvalue weighted by Crippen LogP contribution is -2.46. The predicted octanol–water partition coefficient (Wildman–Crippen LogP) is 1.87. The molecule has 1 N–H and O–H groups in total. The van der Waals surface area contributed by atoms with Crippen molar-refractivity contribution in [1.82, 2.24) is 9.62 Å². The van der Waals surface area contributed by atoms with Gasteiger partial charge in [-0.3, -0.25) is 0 Å². The van der Waals surface area contributed by atoms with Crippen molar-refractivity contribution in [2.24, 2.45) is 0 Å². The molecule has 0 unspecified atom stereocenters. The maximum atomic E-state index is 12.8. The summed E-state index contributed by atoms with van der Waals surface area (Å²) in [6.45, 7) is 2.99. The fourth-order valence-electron chi connectivity index (χ4n) is 2.49. The third kappa shape index (κ3) is 5.47. The number of hydrogen-bond acceptors (Lipinski definition) is 4. The van der Waals surface area contributed by atoms with Gasteiger partial charge in [-0.05, 0) is 37.5 Å². The minimum Gasteiger partial charge on any atom is -0.450 e. The van der Waals surface area contributed by atoms with Crippen LogP contribution in [0.1, 0.15) is 25.3 Å². The van der Waals surface area contributed by atoms with Crippen LogP contribution in [-0.4, -0.2) is 45.1 Å². The molecule has 8 heteroatoms. The number of nitrogens with one attached hydrogen (secondary N) is 1. The molecule has 23 heavy (non-hydrogen) atoms. The molecule has 0 radical (unpaired) electrons. The zero-order chi connectivity index (χ0) is 16.9. The molecule has 0 bridgehead atoms. The molecular formula is C15H21FN2O4S. The highest BCUT2D eigenvalue weighted by atomic mass is 32.2. The van der Waals surface area contributed by atoms with Gasteiger partial charge in [-0.15, -0.1) is 0 Å². The molecule has 2 rings (SSSR count). The first-order valence-corrected chi connectivity index (χ1v) is 9.21. The molecule has 1 aromatic rings. The lowest BCUT2D eigenvalue weighted by atomic mass is 10.1. The van der Waals surface area contributed by atoms with E-state index >= 15 is 0 Å². The van der Waals surface area contributed by atoms with Crippen molar-refractivity contribution in [1.29, 1.82) is 0 Å². The van der Waals surface area contributed by atoms with Gasteiger partial charge in [0.2, 0.25) is 10.0 Å². The summed E-state index contributed by atoms with van der Waals surface area (Å²) in [6, 6.07) is 5.19. The Kier molecular flexibility index (Phi) is 5.95. The van der Waals surface area contributed by atoms with E-state index in [2.05, 4.69) is 4.72 Å². The predicted molar refractivity (Wildman–Crippen MR) is 83.8 cm³/mol. The van der Waals surface area contributed by atoms with Crippen LogP contribution in [0.2, 0.25) is 0 Å². The first kappa shape index (κ1) is 17.7. The fraction of sp³-hybridized carbons (Fsp3) is 0.533. The number of ether oxygens (including phenoxy) is 1. The number of nitrogens with zero attached hydrogens (tertiary/aromatic N) is 1. The molecule has 128 valence electrons. The van der Waals surface area contributed by atoms with Gasteiger partial charge in [0.15, 0.2) is 0 Å². The molecule has 1 heterocycles. The summed E-state index contributed by atoms with van der Waals surface area (Å²) >= 11 is 0. The molecule has 0 saturated carbocycles. The lowest BCUT2D eigenvalue weighted by molar-refractivity contribution is 0.0966. The van der Waals surface area contributed by atoms with Crippen molar-refractivity contribution >= 4 is 16.1 Å². The number of sulfonamides is 1. The fourth-order valence-corrected chi connectivity index (χ4v) is 3.95. The smallest absolute Gasteiger partial charge is 0.409 e. The van der Waals surface area contributed by atoms with E-state index in [4.69, 9.17) is 4.74 Å². The Morgan fingerprint density at radius 3 is 2.48 bits per heavy atom. The second-order valence-corrected chi connectivity index (χ2v) is 7.22. The van der Waals surface area contributed by atoms with Crippen LogP contribution in [0.15, 0.2) is 24.3 Å². The SMILES string of the molecule is CCOC(=O)N1CCC(NS(=O)(=O)Cc2ccc(F)cc2)CC1. The van der Waals surface area contributed by atoms with Crippen molar-refractivity contribution in [2.75, 3.05) is 19.7 Å². The Bertz CT molecular complexity index is 625. The number of rotatable bonds is 5. The zero-order valence-electron chi connectivity index (χ0n) is 13.0. The quantitative estimate of drug-likeness (QED) is 0.885. The number of likely N-dealkylation sites (tertiary alicyclic amines) is 1. The number of benzene rings is 1. The molecule has 0 aliphatic carbocycles. The van der Waals surface area contributed by atoms with Gasteiger partial charge in [0.05, 0.1) is 12.4 Å². The normalized spacial score (nSPS) is 16.3. The van der Waals surface area contributed by atoms with Gasteiger partial charge >= 0.3 is 6.09 Å². The third-order valence-corrected chi connectivity index (χ3v) is 5.04. The van der Waals surface area contributed by atoms with E-state index in [1.54, 1.807) is 11.8 Å². The molecule has 1 amide bonds. The van der Waals surface area contributed by atoms with E-state index in [-0.39, 0.29) is 17.9 Å². The summed E-state index contributed by atoms with van der Waals surface area (Å²) < 4.78 is 44.7.